The molecular weight excluding hydrogens is 947 g/mol. The number of aliphatic hydroxyl groups is 2. The highest BCUT2D eigenvalue weighted by molar-refractivity contribution is 6.03. The van der Waals surface area contributed by atoms with Gasteiger partial charge in [0.1, 0.15) is 36.1 Å². The summed E-state index contributed by atoms with van der Waals surface area (Å²) in [5.74, 6) is 0.346. The third-order valence-corrected chi connectivity index (χ3v) is 14.8. The maximum Gasteiger partial charge on any atom is 0.417 e. The van der Waals surface area contributed by atoms with E-state index in [1.165, 1.54) is 52.7 Å². The van der Waals surface area contributed by atoms with Crippen LogP contribution in [0.2, 0.25) is 0 Å². The summed E-state index contributed by atoms with van der Waals surface area (Å²) in [6, 6.07) is 15.2. The molecule has 16 nitrogen and oxygen atoms in total. The molecule has 6 unspecified atom stereocenters. The maximum absolute atomic E-state index is 15.1. The van der Waals surface area contributed by atoms with Gasteiger partial charge in [-0.1, -0.05) is 101 Å². The van der Waals surface area contributed by atoms with Gasteiger partial charge in [0.2, 0.25) is 12.6 Å². The van der Waals surface area contributed by atoms with Gasteiger partial charge in [-0.25, -0.2) is 9.59 Å². The van der Waals surface area contributed by atoms with Gasteiger partial charge in [-0.2, -0.15) is 0 Å². The molecule has 74 heavy (non-hydrogen) atoms. The fourth-order valence-electron chi connectivity index (χ4n) is 11.3. The van der Waals surface area contributed by atoms with Crippen LogP contribution in [0, 0.1) is 17.8 Å². The summed E-state index contributed by atoms with van der Waals surface area (Å²) >= 11 is 0. The lowest BCUT2D eigenvalue weighted by Crippen LogP contribution is -2.70. The van der Waals surface area contributed by atoms with Crippen molar-refractivity contribution in [2.24, 2.45) is 22.9 Å². The van der Waals surface area contributed by atoms with Gasteiger partial charge >= 0.3 is 12.2 Å². The van der Waals surface area contributed by atoms with E-state index in [1.807, 2.05) is 24.3 Å². The lowest BCUT2D eigenvalue weighted by atomic mass is 9.55. The van der Waals surface area contributed by atoms with E-state index < -0.39 is 29.9 Å². The quantitative estimate of drug-likeness (QED) is 0.0326. The van der Waals surface area contributed by atoms with Crippen molar-refractivity contribution in [1.82, 2.24) is 4.90 Å². The summed E-state index contributed by atoms with van der Waals surface area (Å²) in [6.45, 7) is 6.93. The molecule has 0 bridgehead atoms. The number of carbonyl (C=O) groups excluding carboxylic acids is 2. The summed E-state index contributed by atoms with van der Waals surface area (Å²) in [6.07, 6.45) is 18.6. The van der Waals surface area contributed by atoms with Crippen molar-refractivity contribution in [3.05, 3.63) is 90.0 Å². The molecule has 7 rings (SSSR count). The molecule has 1 fully saturated rings. The number of hydrogen-bond donors (Lipinski definition) is 3. The molecule has 2 amide bonds. The van der Waals surface area contributed by atoms with E-state index in [0.29, 0.717) is 53.0 Å². The number of methoxy groups -OCH3 is 2. The lowest BCUT2D eigenvalue weighted by molar-refractivity contribution is -0.256. The van der Waals surface area contributed by atoms with Crippen LogP contribution in [0.4, 0.5) is 15.3 Å². The first-order chi connectivity index (χ1) is 36.2. The second-order valence-corrected chi connectivity index (χ2v) is 19.6. The summed E-state index contributed by atoms with van der Waals surface area (Å²) in [7, 11) is 4.57. The number of aliphatic hydroxyl groups excluding tert-OH is 2. The first-order valence-corrected chi connectivity index (χ1v) is 26.9. The molecule has 16 heteroatoms. The summed E-state index contributed by atoms with van der Waals surface area (Å²) < 4.78 is 49.2. The van der Waals surface area contributed by atoms with Crippen molar-refractivity contribution in [3.63, 3.8) is 0 Å². The molecule has 3 aromatic rings. The number of carbonyl (C=O) groups is 2. The Morgan fingerprint density at radius 2 is 1.54 bits per heavy atom. The monoisotopic (exact) mass is 1030 g/mol. The minimum absolute atomic E-state index is 0.00989. The molecule has 0 radical (unpaired) electrons. The predicted octanol–water partition coefficient (Wildman–Crippen LogP) is 11.9. The minimum atomic E-state index is -1.55. The smallest absolute Gasteiger partial charge is 0.417 e. The van der Waals surface area contributed by atoms with Crippen LogP contribution in [-0.2, 0) is 20.9 Å². The van der Waals surface area contributed by atoms with E-state index in [9.17, 15) is 15.0 Å². The van der Waals surface area contributed by atoms with Crippen molar-refractivity contribution in [2.45, 2.75) is 140 Å². The molecule has 2 aliphatic carbocycles. The Morgan fingerprint density at radius 1 is 0.824 bits per heavy atom. The predicted molar refractivity (Wildman–Crippen MR) is 282 cm³/mol. The van der Waals surface area contributed by atoms with Crippen molar-refractivity contribution in [1.29, 1.82) is 0 Å². The molecule has 3 aromatic carbocycles. The number of nitrogens with one attached hydrogen (secondary N) is 1. The van der Waals surface area contributed by atoms with Crippen LogP contribution in [0.1, 0.15) is 133 Å². The Balaban J connectivity index is 1.30. The Kier molecular flexibility index (Phi) is 21.2. The highest BCUT2D eigenvalue weighted by Crippen LogP contribution is 2.62. The molecule has 4 aliphatic rings. The maximum atomic E-state index is 15.1. The lowest BCUT2D eigenvalue weighted by Gasteiger charge is -2.59. The fraction of sp³-hybridized carbons (Fsp3) is 0.569. The number of amides is 2. The molecule has 2 aliphatic heterocycles. The highest BCUT2D eigenvalue weighted by atomic mass is 16.7. The molecule has 0 spiro atoms. The van der Waals surface area contributed by atoms with Gasteiger partial charge in [0, 0.05) is 43.7 Å². The Hall–Kier alpha value is -5.97. The molecule has 2 heterocycles. The van der Waals surface area contributed by atoms with Crippen LogP contribution < -0.4 is 33.7 Å². The summed E-state index contributed by atoms with van der Waals surface area (Å²) in [5, 5.41) is 27.6. The molecule has 0 aromatic heterocycles. The molecule has 1 saturated carbocycles. The number of fused-ring (bicyclic) bond motifs is 3. The second kappa shape index (κ2) is 28.1. The van der Waals surface area contributed by atoms with Crippen LogP contribution in [-0.4, -0.2) is 99.4 Å². The topological polar surface area (TPSA) is 185 Å². The van der Waals surface area contributed by atoms with Crippen LogP contribution >= 0.6 is 0 Å². The standard InChI is InChI=1S/C58H79N3O13/c1-6-8-9-10-11-12-13-14-15-20-32-69-57(65)61(38-40-23-27-50-52(33-40)71-39-70-50)53-37-48(60-68-5)45-34-41(21-16-18-29-62)44(22-17-19-30-63)54-46-35-43(25-28-49(46)74-58(53,55(45)54)72-31-7-2)73-56(64)59-47-26-24-42(66-3)36-51(47)67-4/h7,23-28,33-36,41,44,53-55,62-63H,2,6,8-22,29-32,37-39H2,1,3-5H3,(H,59,64). The number of nitrogens with zero attached hydrogens (tertiary/aromatic N) is 2. The zero-order chi connectivity index (χ0) is 52.3. The van der Waals surface area contributed by atoms with Gasteiger partial charge in [0.15, 0.2) is 11.5 Å². The number of rotatable bonds is 30. The van der Waals surface area contributed by atoms with Crippen LogP contribution in [0.3, 0.4) is 0 Å². The van der Waals surface area contributed by atoms with Crippen molar-refractivity contribution < 1.29 is 62.5 Å². The number of allylic oxidation sites excluding steroid dienone is 1. The number of anilines is 1. The summed E-state index contributed by atoms with van der Waals surface area (Å²) in [5.41, 5.74) is 3.47. The highest BCUT2D eigenvalue weighted by Gasteiger charge is 2.66. The van der Waals surface area contributed by atoms with Crippen LogP contribution in [0.25, 0.3) is 0 Å². The normalized spacial score (nSPS) is 21.6. The van der Waals surface area contributed by atoms with E-state index >= 15 is 4.79 Å². The van der Waals surface area contributed by atoms with Crippen LogP contribution in [0.5, 0.6) is 34.5 Å². The zero-order valence-corrected chi connectivity index (χ0v) is 44.0. The Labute approximate surface area is 437 Å². The number of unbranched alkanes of at least 4 members (excludes halogenated alkanes) is 11. The number of hydrogen-bond acceptors (Lipinski definition) is 14. The third kappa shape index (κ3) is 13.6. The second-order valence-electron chi connectivity index (χ2n) is 19.6. The number of benzene rings is 3. The molecule has 0 saturated heterocycles. The molecule has 3 N–H and O–H groups in total. The van der Waals surface area contributed by atoms with Gasteiger partial charge in [-0.3, -0.25) is 10.2 Å². The average Bonchev–Trinajstić information content (AvgIpc) is 3.92. The first-order valence-electron chi connectivity index (χ1n) is 26.9. The van der Waals surface area contributed by atoms with E-state index in [4.69, 9.17) is 47.9 Å². The molecular formula is C58H79N3O13. The fourth-order valence-corrected chi connectivity index (χ4v) is 11.3. The van der Waals surface area contributed by atoms with Crippen molar-refractivity contribution >= 4 is 23.6 Å². The summed E-state index contributed by atoms with van der Waals surface area (Å²) in [4.78, 5) is 36.2. The van der Waals surface area contributed by atoms with E-state index in [2.05, 4.69) is 24.9 Å². The van der Waals surface area contributed by atoms with Gasteiger partial charge < -0.3 is 52.9 Å². The van der Waals surface area contributed by atoms with Gasteiger partial charge in [0.25, 0.3) is 0 Å². The SMILES string of the molecule is C=CCOC12Oc3ccc(OC(=O)Nc4ccc(OC)cc4OC)cc3C3C(CCCCO)C(CCCCO)C=C(C(=NOC)CC1N(Cc1ccc4c(c1)OCO4)C(=O)OCCCCCCCCCCCC)C32. The zero-order valence-electron chi connectivity index (χ0n) is 44.0. The van der Waals surface area contributed by atoms with Crippen LogP contribution in [0.15, 0.2) is 84.1 Å². The molecule has 6 atom stereocenters. The molecule has 404 valence electrons. The van der Waals surface area contributed by atoms with Gasteiger partial charge in [-0.05, 0) is 97.5 Å². The Bertz CT molecular complexity index is 2370. The van der Waals surface area contributed by atoms with E-state index in [0.717, 1.165) is 68.1 Å². The third-order valence-electron chi connectivity index (χ3n) is 14.8. The number of ether oxygens (including phenoxy) is 8. The number of oxime groups is 1. The van der Waals surface area contributed by atoms with Gasteiger partial charge in [-0.15, -0.1) is 6.58 Å². The van der Waals surface area contributed by atoms with Gasteiger partial charge in [0.05, 0.1) is 44.8 Å². The van der Waals surface area contributed by atoms with Crippen molar-refractivity contribution in [3.8, 4) is 34.5 Å². The van der Waals surface area contributed by atoms with E-state index in [-0.39, 0.29) is 69.7 Å². The first kappa shape index (κ1) is 55.8. The largest absolute Gasteiger partial charge is 0.497 e. The average molecular weight is 1030 g/mol. The van der Waals surface area contributed by atoms with E-state index in [1.54, 1.807) is 48.4 Å². The Morgan fingerprint density at radius 3 is 2.26 bits per heavy atom. The minimum Gasteiger partial charge on any atom is -0.497 e. The van der Waals surface area contributed by atoms with Crippen molar-refractivity contribution in [2.75, 3.05) is 59.9 Å².